The van der Waals surface area contributed by atoms with Crippen molar-refractivity contribution in [1.82, 2.24) is 0 Å². The Morgan fingerprint density at radius 2 is 2.05 bits per heavy atom. The van der Waals surface area contributed by atoms with Gasteiger partial charge in [0.25, 0.3) is 0 Å². The van der Waals surface area contributed by atoms with Gasteiger partial charge in [-0.1, -0.05) is 28.1 Å². The molecule has 1 amide bonds. The SMILES string of the molecule is NC1C(=O)N(Cc2cccc(Br)c2)c2ccc(F)cc21. The molecule has 3 rings (SSSR count). The maximum absolute atomic E-state index is 13.3. The van der Waals surface area contributed by atoms with Crippen molar-refractivity contribution >= 4 is 27.5 Å². The monoisotopic (exact) mass is 334 g/mol. The number of nitrogens with zero attached hydrogens (tertiary/aromatic N) is 1. The topological polar surface area (TPSA) is 46.3 Å². The van der Waals surface area contributed by atoms with Crippen molar-refractivity contribution in [2.24, 2.45) is 5.73 Å². The third kappa shape index (κ3) is 2.23. The number of benzene rings is 2. The smallest absolute Gasteiger partial charge is 0.248 e. The van der Waals surface area contributed by atoms with Crippen LogP contribution in [0, 0.1) is 5.82 Å². The predicted molar refractivity (Wildman–Crippen MR) is 78.7 cm³/mol. The molecule has 3 nitrogen and oxygen atoms in total. The van der Waals surface area contributed by atoms with Crippen LogP contribution in [0.15, 0.2) is 46.9 Å². The van der Waals surface area contributed by atoms with E-state index in [1.807, 2.05) is 24.3 Å². The number of nitrogens with two attached hydrogens (primary N) is 1. The molecule has 0 radical (unpaired) electrons. The zero-order valence-corrected chi connectivity index (χ0v) is 12.1. The van der Waals surface area contributed by atoms with Crippen LogP contribution in [0.25, 0.3) is 0 Å². The van der Waals surface area contributed by atoms with Crippen molar-refractivity contribution in [3.05, 3.63) is 63.9 Å². The van der Waals surface area contributed by atoms with Gasteiger partial charge in [-0.2, -0.15) is 0 Å². The van der Waals surface area contributed by atoms with Crippen molar-refractivity contribution in [2.45, 2.75) is 12.6 Å². The van der Waals surface area contributed by atoms with E-state index in [1.165, 1.54) is 12.1 Å². The number of rotatable bonds is 2. The average molecular weight is 335 g/mol. The molecule has 1 unspecified atom stereocenters. The third-order valence-corrected chi connectivity index (χ3v) is 3.87. The summed E-state index contributed by atoms with van der Waals surface area (Å²) in [4.78, 5) is 13.8. The lowest BCUT2D eigenvalue weighted by Gasteiger charge is -2.17. The molecule has 1 heterocycles. The molecule has 2 aromatic rings. The van der Waals surface area contributed by atoms with Crippen LogP contribution in [0.4, 0.5) is 10.1 Å². The predicted octanol–water partition coefficient (Wildman–Crippen LogP) is 3.13. The van der Waals surface area contributed by atoms with E-state index in [2.05, 4.69) is 15.9 Å². The molecular formula is C15H12BrFN2O. The van der Waals surface area contributed by atoms with Crippen LogP contribution >= 0.6 is 15.9 Å². The van der Waals surface area contributed by atoms with Crippen LogP contribution in [0.3, 0.4) is 0 Å². The number of carbonyl (C=O) groups is 1. The van der Waals surface area contributed by atoms with Crippen LogP contribution in [0.5, 0.6) is 0 Å². The molecule has 2 N–H and O–H groups in total. The molecule has 0 saturated carbocycles. The molecule has 1 aliphatic rings. The zero-order valence-electron chi connectivity index (χ0n) is 10.5. The van der Waals surface area contributed by atoms with Gasteiger partial charge in [0.15, 0.2) is 0 Å². The fourth-order valence-electron chi connectivity index (χ4n) is 2.42. The highest BCUT2D eigenvalue weighted by Gasteiger charge is 2.34. The van der Waals surface area contributed by atoms with Gasteiger partial charge in [0.05, 0.1) is 6.54 Å². The number of anilines is 1. The lowest BCUT2D eigenvalue weighted by molar-refractivity contribution is -0.119. The van der Waals surface area contributed by atoms with E-state index in [0.29, 0.717) is 17.8 Å². The Morgan fingerprint density at radius 3 is 2.80 bits per heavy atom. The molecule has 0 saturated heterocycles. The van der Waals surface area contributed by atoms with Gasteiger partial charge < -0.3 is 10.6 Å². The van der Waals surface area contributed by atoms with E-state index in [0.717, 1.165) is 10.0 Å². The highest BCUT2D eigenvalue weighted by Crippen LogP contribution is 2.36. The minimum absolute atomic E-state index is 0.203. The summed E-state index contributed by atoms with van der Waals surface area (Å²) in [5, 5.41) is 0. The van der Waals surface area contributed by atoms with Crippen LogP contribution in [0.2, 0.25) is 0 Å². The Labute approximate surface area is 124 Å². The maximum atomic E-state index is 13.3. The largest absolute Gasteiger partial charge is 0.316 e. The van der Waals surface area contributed by atoms with Crippen LogP contribution in [-0.4, -0.2) is 5.91 Å². The summed E-state index contributed by atoms with van der Waals surface area (Å²) < 4.78 is 14.2. The normalized spacial score (nSPS) is 17.4. The highest BCUT2D eigenvalue weighted by atomic mass is 79.9. The zero-order chi connectivity index (χ0) is 14.3. The van der Waals surface area contributed by atoms with E-state index in [-0.39, 0.29) is 11.7 Å². The first-order valence-electron chi connectivity index (χ1n) is 6.17. The van der Waals surface area contributed by atoms with Gasteiger partial charge in [-0.15, -0.1) is 0 Å². The van der Waals surface area contributed by atoms with Crippen LogP contribution in [0.1, 0.15) is 17.2 Å². The van der Waals surface area contributed by atoms with Gasteiger partial charge in [-0.25, -0.2) is 4.39 Å². The molecule has 1 aliphatic heterocycles. The first-order chi connectivity index (χ1) is 9.56. The Kier molecular flexibility index (Phi) is 3.31. The molecule has 1 atom stereocenters. The molecule has 2 aromatic carbocycles. The first-order valence-corrected chi connectivity index (χ1v) is 6.96. The molecule has 5 heteroatoms. The first kappa shape index (κ1) is 13.3. The molecule has 102 valence electrons. The van der Waals surface area contributed by atoms with Crippen molar-refractivity contribution in [3.8, 4) is 0 Å². The second-order valence-corrected chi connectivity index (χ2v) is 5.65. The highest BCUT2D eigenvalue weighted by molar-refractivity contribution is 9.10. The van der Waals surface area contributed by atoms with Crippen LogP contribution < -0.4 is 10.6 Å². The fraction of sp³-hybridized carbons (Fsp3) is 0.133. The Bertz CT molecular complexity index is 689. The number of halogens is 2. The minimum Gasteiger partial charge on any atom is -0.316 e. The molecule has 0 aromatic heterocycles. The van der Waals surface area contributed by atoms with Crippen LogP contribution in [-0.2, 0) is 11.3 Å². The van der Waals surface area contributed by atoms with E-state index < -0.39 is 6.04 Å². The van der Waals surface area contributed by atoms with E-state index in [9.17, 15) is 9.18 Å². The van der Waals surface area contributed by atoms with E-state index in [1.54, 1.807) is 11.0 Å². The van der Waals surface area contributed by atoms with Gasteiger partial charge in [0.2, 0.25) is 5.91 Å². The second kappa shape index (κ2) is 5.00. The lowest BCUT2D eigenvalue weighted by Crippen LogP contribution is -2.31. The summed E-state index contributed by atoms with van der Waals surface area (Å²) in [6.45, 7) is 0.421. The van der Waals surface area contributed by atoms with Gasteiger partial charge in [-0.3, -0.25) is 4.79 Å². The Hall–Kier alpha value is -1.72. The molecule has 0 aliphatic carbocycles. The minimum atomic E-state index is -0.784. The van der Waals surface area contributed by atoms with Gasteiger partial charge >= 0.3 is 0 Å². The Balaban J connectivity index is 1.97. The molecule has 0 bridgehead atoms. The van der Waals surface area contributed by atoms with Gasteiger partial charge in [0, 0.05) is 15.7 Å². The lowest BCUT2D eigenvalue weighted by atomic mass is 10.1. The van der Waals surface area contributed by atoms with Crippen molar-refractivity contribution < 1.29 is 9.18 Å². The molecular weight excluding hydrogens is 323 g/mol. The van der Waals surface area contributed by atoms with Crippen molar-refractivity contribution in [1.29, 1.82) is 0 Å². The number of fused-ring (bicyclic) bond motifs is 1. The summed E-state index contributed by atoms with van der Waals surface area (Å²) >= 11 is 3.40. The number of carbonyl (C=O) groups excluding carboxylic acids is 1. The second-order valence-electron chi connectivity index (χ2n) is 4.74. The number of hydrogen-bond donors (Lipinski definition) is 1. The maximum Gasteiger partial charge on any atom is 0.248 e. The molecule has 20 heavy (non-hydrogen) atoms. The van der Waals surface area contributed by atoms with Crippen molar-refractivity contribution in [2.75, 3.05) is 4.90 Å². The summed E-state index contributed by atoms with van der Waals surface area (Å²) in [5.74, 6) is -0.582. The number of amides is 1. The summed E-state index contributed by atoms with van der Waals surface area (Å²) in [7, 11) is 0. The van der Waals surface area contributed by atoms with Crippen molar-refractivity contribution in [3.63, 3.8) is 0 Å². The third-order valence-electron chi connectivity index (χ3n) is 3.38. The van der Waals surface area contributed by atoms with Gasteiger partial charge in [-0.05, 0) is 35.9 Å². The van der Waals surface area contributed by atoms with E-state index >= 15 is 0 Å². The summed E-state index contributed by atoms with van der Waals surface area (Å²) in [6, 6.07) is 11.2. The standard InChI is InChI=1S/C15H12BrFN2O/c16-10-3-1-2-9(6-10)8-19-13-5-4-11(17)7-12(13)14(18)15(19)20/h1-7,14H,8,18H2. The summed E-state index contributed by atoms with van der Waals surface area (Å²) in [6.07, 6.45) is 0. The number of hydrogen-bond acceptors (Lipinski definition) is 2. The molecule has 0 spiro atoms. The Morgan fingerprint density at radius 1 is 1.25 bits per heavy atom. The average Bonchev–Trinajstić information content (AvgIpc) is 2.64. The molecule has 0 fully saturated rings. The quantitative estimate of drug-likeness (QED) is 0.917. The fourth-order valence-corrected chi connectivity index (χ4v) is 2.87. The van der Waals surface area contributed by atoms with Gasteiger partial charge in [0.1, 0.15) is 11.9 Å². The van der Waals surface area contributed by atoms with E-state index in [4.69, 9.17) is 5.73 Å². The summed E-state index contributed by atoms with van der Waals surface area (Å²) in [5.41, 5.74) is 8.08.